The van der Waals surface area contributed by atoms with Crippen molar-refractivity contribution < 1.29 is 18.4 Å². The van der Waals surface area contributed by atoms with Crippen LogP contribution in [0.5, 0.6) is 0 Å². The van der Waals surface area contributed by atoms with Crippen LogP contribution in [0.1, 0.15) is 0 Å². The molecule has 0 bridgehead atoms. The highest BCUT2D eigenvalue weighted by atomic mass is 32.2. The predicted molar refractivity (Wildman–Crippen MR) is 72.7 cm³/mol. The SMILES string of the molecule is NC(CN1CCN(S(=O)(=O)N2CCOCC2)CC1)=NO. The maximum Gasteiger partial charge on any atom is 0.282 e. The lowest BCUT2D eigenvalue weighted by Gasteiger charge is -2.37. The van der Waals surface area contributed by atoms with E-state index >= 15 is 0 Å². The van der Waals surface area contributed by atoms with Crippen LogP contribution in [0.3, 0.4) is 0 Å². The number of hydrogen-bond donors (Lipinski definition) is 2. The molecule has 2 rings (SSSR count). The highest BCUT2D eigenvalue weighted by Gasteiger charge is 2.33. The van der Waals surface area contributed by atoms with Crippen LogP contribution in [-0.4, -0.2) is 92.0 Å². The van der Waals surface area contributed by atoms with E-state index in [1.54, 1.807) is 0 Å². The van der Waals surface area contributed by atoms with E-state index in [0.29, 0.717) is 59.0 Å². The predicted octanol–water partition coefficient (Wildman–Crippen LogP) is -2.07. The Labute approximate surface area is 118 Å². The standard InChI is InChI=1S/C10H21N5O4S/c11-10(12-16)9-13-1-3-14(4-2-13)20(17,18)15-5-7-19-8-6-15/h16H,1-9H2,(H2,11,12). The minimum Gasteiger partial charge on any atom is -0.409 e. The molecule has 0 spiro atoms. The monoisotopic (exact) mass is 307 g/mol. The van der Waals surface area contributed by atoms with E-state index in [1.165, 1.54) is 8.61 Å². The molecular weight excluding hydrogens is 286 g/mol. The first-order chi connectivity index (χ1) is 9.54. The maximum atomic E-state index is 12.4. The Hall–Kier alpha value is -0.940. The van der Waals surface area contributed by atoms with Gasteiger partial charge in [0.15, 0.2) is 5.84 Å². The quantitative estimate of drug-likeness (QED) is 0.267. The van der Waals surface area contributed by atoms with E-state index in [2.05, 4.69) is 5.16 Å². The van der Waals surface area contributed by atoms with Crippen molar-refractivity contribution in [2.75, 3.05) is 59.0 Å². The zero-order valence-corrected chi connectivity index (χ0v) is 12.1. The number of piperazine rings is 1. The minimum absolute atomic E-state index is 0.134. The van der Waals surface area contributed by atoms with E-state index in [0.717, 1.165) is 0 Å². The van der Waals surface area contributed by atoms with Crippen molar-refractivity contribution in [1.29, 1.82) is 0 Å². The summed E-state index contributed by atoms with van der Waals surface area (Å²) in [6.07, 6.45) is 0. The highest BCUT2D eigenvalue weighted by molar-refractivity contribution is 7.86. The van der Waals surface area contributed by atoms with Crippen LogP contribution < -0.4 is 5.73 Å². The van der Waals surface area contributed by atoms with Crippen LogP contribution in [0.15, 0.2) is 5.16 Å². The fourth-order valence-corrected chi connectivity index (χ4v) is 3.88. The zero-order valence-electron chi connectivity index (χ0n) is 11.3. The average molecular weight is 307 g/mol. The first-order valence-corrected chi connectivity index (χ1v) is 7.95. The van der Waals surface area contributed by atoms with Crippen molar-refractivity contribution >= 4 is 16.0 Å². The fourth-order valence-electron chi connectivity index (χ4n) is 2.32. The summed E-state index contributed by atoms with van der Waals surface area (Å²) in [5.41, 5.74) is 5.45. The molecule has 2 saturated heterocycles. The number of amidine groups is 1. The van der Waals surface area contributed by atoms with Gasteiger partial charge in [0.25, 0.3) is 10.2 Å². The van der Waals surface area contributed by atoms with Crippen LogP contribution in [0.25, 0.3) is 0 Å². The summed E-state index contributed by atoms with van der Waals surface area (Å²) in [5.74, 6) is 0.134. The average Bonchev–Trinajstić information content (AvgIpc) is 2.48. The summed E-state index contributed by atoms with van der Waals surface area (Å²) < 4.78 is 33.0. The van der Waals surface area contributed by atoms with E-state index < -0.39 is 10.2 Å². The number of oxime groups is 1. The van der Waals surface area contributed by atoms with Crippen molar-refractivity contribution in [2.24, 2.45) is 10.9 Å². The van der Waals surface area contributed by atoms with Crippen molar-refractivity contribution in [3.05, 3.63) is 0 Å². The molecule has 0 aromatic heterocycles. The Balaban J connectivity index is 1.89. The Morgan fingerprint density at radius 3 is 2.20 bits per heavy atom. The molecule has 20 heavy (non-hydrogen) atoms. The molecule has 0 atom stereocenters. The molecule has 2 aliphatic heterocycles. The Bertz CT molecular complexity index is 441. The van der Waals surface area contributed by atoms with Gasteiger partial charge in [-0.1, -0.05) is 5.16 Å². The summed E-state index contributed by atoms with van der Waals surface area (Å²) in [6, 6.07) is 0. The molecule has 0 aromatic rings. The Morgan fingerprint density at radius 2 is 1.65 bits per heavy atom. The molecule has 10 heteroatoms. The second-order valence-corrected chi connectivity index (χ2v) is 6.71. The Morgan fingerprint density at radius 1 is 1.10 bits per heavy atom. The van der Waals surface area contributed by atoms with E-state index in [-0.39, 0.29) is 5.84 Å². The fraction of sp³-hybridized carbons (Fsp3) is 0.900. The van der Waals surface area contributed by atoms with Gasteiger partial charge in [0.1, 0.15) is 0 Å². The van der Waals surface area contributed by atoms with Crippen LogP contribution in [0.2, 0.25) is 0 Å². The first kappa shape index (κ1) is 15.4. The number of nitrogens with two attached hydrogens (primary N) is 1. The topological polar surface area (TPSA) is 112 Å². The maximum absolute atomic E-state index is 12.4. The lowest BCUT2D eigenvalue weighted by molar-refractivity contribution is 0.0688. The lowest BCUT2D eigenvalue weighted by atomic mass is 10.3. The molecular formula is C10H21N5O4S. The minimum atomic E-state index is -3.39. The molecule has 2 aliphatic rings. The molecule has 0 radical (unpaired) electrons. The molecule has 2 fully saturated rings. The van der Waals surface area contributed by atoms with Gasteiger partial charge >= 0.3 is 0 Å². The van der Waals surface area contributed by atoms with E-state index in [1.807, 2.05) is 4.90 Å². The van der Waals surface area contributed by atoms with Gasteiger partial charge in [-0.2, -0.15) is 17.0 Å². The molecule has 0 saturated carbocycles. The van der Waals surface area contributed by atoms with Crippen LogP contribution in [-0.2, 0) is 14.9 Å². The summed E-state index contributed by atoms with van der Waals surface area (Å²) in [7, 11) is -3.39. The number of rotatable bonds is 4. The molecule has 3 N–H and O–H groups in total. The summed E-state index contributed by atoms with van der Waals surface area (Å²) >= 11 is 0. The molecule has 0 aliphatic carbocycles. The van der Waals surface area contributed by atoms with Gasteiger partial charge < -0.3 is 15.7 Å². The van der Waals surface area contributed by atoms with Gasteiger partial charge in [-0.25, -0.2) is 0 Å². The third-order valence-electron chi connectivity index (χ3n) is 3.47. The number of hydrogen-bond acceptors (Lipinski definition) is 6. The molecule has 0 amide bonds. The number of ether oxygens (including phenoxy) is 1. The third kappa shape index (κ3) is 3.58. The largest absolute Gasteiger partial charge is 0.409 e. The van der Waals surface area contributed by atoms with Crippen LogP contribution in [0.4, 0.5) is 0 Å². The Kier molecular flexibility index (Phi) is 5.16. The number of nitrogens with zero attached hydrogens (tertiary/aromatic N) is 4. The molecule has 2 heterocycles. The molecule has 9 nitrogen and oxygen atoms in total. The van der Waals surface area contributed by atoms with Crippen LogP contribution >= 0.6 is 0 Å². The molecule has 0 unspecified atom stereocenters. The zero-order chi connectivity index (χ0) is 14.6. The van der Waals surface area contributed by atoms with Crippen molar-refractivity contribution in [1.82, 2.24) is 13.5 Å². The normalized spacial score (nSPS) is 24.9. The smallest absolute Gasteiger partial charge is 0.282 e. The van der Waals surface area contributed by atoms with Gasteiger partial charge in [0.2, 0.25) is 0 Å². The molecule has 0 aromatic carbocycles. The van der Waals surface area contributed by atoms with Gasteiger partial charge in [0.05, 0.1) is 19.8 Å². The van der Waals surface area contributed by atoms with Gasteiger partial charge in [0, 0.05) is 39.3 Å². The summed E-state index contributed by atoms with van der Waals surface area (Å²) in [4.78, 5) is 1.96. The summed E-state index contributed by atoms with van der Waals surface area (Å²) in [5, 5.41) is 11.5. The van der Waals surface area contributed by atoms with Crippen molar-refractivity contribution in [3.63, 3.8) is 0 Å². The van der Waals surface area contributed by atoms with Crippen molar-refractivity contribution in [2.45, 2.75) is 0 Å². The third-order valence-corrected chi connectivity index (χ3v) is 5.50. The van der Waals surface area contributed by atoms with Crippen molar-refractivity contribution in [3.8, 4) is 0 Å². The second-order valence-electron chi connectivity index (χ2n) is 4.79. The summed E-state index contributed by atoms with van der Waals surface area (Å²) in [6.45, 7) is 4.03. The van der Waals surface area contributed by atoms with Gasteiger partial charge in [-0.15, -0.1) is 0 Å². The molecule has 116 valence electrons. The van der Waals surface area contributed by atoms with Crippen LogP contribution in [0, 0.1) is 0 Å². The van der Waals surface area contributed by atoms with Gasteiger partial charge in [-0.05, 0) is 0 Å². The number of morpholine rings is 1. The lowest BCUT2D eigenvalue weighted by Crippen LogP contribution is -2.55. The van der Waals surface area contributed by atoms with E-state index in [9.17, 15) is 8.42 Å². The second kappa shape index (κ2) is 6.68. The van der Waals surface area contributed by atoms with E-state index in [4.69, 9.17) is 15.7 Å². The highest BCUT2D eigenvalue weighted by Crippen LogP contribution is 2.13. The first-order valence-electron chi connectivity index (χ1n) is 6.56. The van der Waals surface area contributed by atoms with Gasteiger partial charge in [-0.3, -0.25) is 4.90 Å².